The molecule has 1 aliphatic heterocycles. The SMILES string of the molecule is Cc1cccc(N2CC[NH+]([C@H](C)C(=O)NCC(C)C)CC2)c1C. The van der Waals surface area contributed by atoms with Gasteiger partial charge in [-0.25, -0.2) is 0 Å². The topological polar surface area (TPSA) is 36.8 Å². The first-order valence-corrected chi connectivity index (χ1v) is 8.83. The summed E-state index contributed by atoms with van der Waals surface area (Å²) in [6.07, 6.45) is 0. The number of aryl methyl sites for hydroxylation is 1. The summed E-state index contributed by atoms with van der Waals surface area (Å²) in [4.78, 5) is 16.1. The molecule has 1 fully saturated rings. The molecule has 0 unspecified atom stereocenters. The highest BCUT2D eigenvalue weighted by molar-refractivity contribution is 5.79. The highest BCUT2D eigenvalue weighted by atomic mass is 16.2. The van der Waals surface area contributed by atoms with Gasteiger partial charge in [-0.05, 0) is 43.9 Å². The van der Waals surface area contributed by atoms with Crippen LogP contribution < -0.4 is 15.1 Å². The minimum atomic E-state index is 0.0366. The van der Waals surface area contributed by atoms with Gasteiger partial charge < -0.3 is 15.1 Å². The average Bonchev–Trinajstić information content (AvgIpc) is 2.54. The van der Waals surface area contributed by atoms with Gasteiger partial charge in [-0.1, -0.05) is 26.0 Å². The van der Waals surface area contributed by atoms with Crippen LogP contribution in [0.1, 0.15) is 31.9 Å². The van der Waals surface area contributed by atoms with Crippen molar-refractivity contribution in [2.75, 3.05) is 37.6 Å². The van der Waals surface area contributed by atoms with Crippen molar-refractivity contribution in [3.05, 3.63) is 29.3 Å². The highest BCUT2D eigenvalue weighted by Crippen LogP contribution is 2.22. The molecule has 128 valence electrons. The van der Waals surface area contributed by atoms with Gasteiger partial charge in [0.1, 0.15) is 0 Å². The molecule has 2 rings (SSSR count). The Morgan fingerprint density at radius 3 is 2.48 bits per heavy atom. The maximum Gasteiger partial charge on any atom is 0.278 e. The van der Waals surface area contributed by atoms with Crippen LogP contribution >= 0.6 is 0 Å². The minimum Gasteiger partial charge on any atom is -0.360 e. The summed E-state index contributed by atoms with van der Waals surface area (Å²) in [5.74, 6) is 0.691. The van der Waals surface area contributed by atoms with Crippen LogP contribution in [-0.2, 0) is 4.79 Å². The van der Waals surface area contributed by atoms with Crippen LogP contribution in [0.4, 0.5) is 5.69 Å². The summed E-state index contributed by atoms with van der Waals surface area (Å²) in [5.41, 5.74) is 4.07. The van der Waals surface area contributed by atoms with Crippen molar-refractivity contribution >= 4 is 11.6 Å². The first kappa shape index (κ1) is 17.8. The summed E-state index contributed by atoms with van der Waals surface area (Å²) in [5, 5.41) is 3.07. The molecule has 0 spiro atoms. The lowest BCUT2D eigenvalue weighted by atomic mass is 10.1. The first-order chi connectivity index (χ1) is 10.9. The molecule has 1 amide bonds. The molecular weight excluding hydrogens is 286 g/mol. The number of hydrogen-bond donors (Lipinski definition) is 2. The molecule has 1 aromatic carbocycles. The third-order valence-electron chi connectivity index (χ3n) is 5.01. The Bertz CT molecular complexity index is 533. The number of piperazine rings is 1. The molecule has 0 saturated carbocycles. The molecule has 23 heavy (non-hydrogen) atoms. The van der Waals surface area contributed by atoms with Crippen molar-refractivity contribution in [2.45, 2.75) is 40.7 Å². The molecule has 1 atom stereocenters. The van der Waals surface area contributed by atoms with Gasteiger partial charge in [0.25, 0.3) is 5.91 Å². The van der Waals surface area contributed by atoms with E-state index in [9.17, 15) is 4.79 Å². The van der Waals surface area contributed by atoms with E-state index < -0.39 is 0 Å². The van der Waals surface area contributed by atoms with Crippen molar-refractivity contribution in [2.24, 2.45) is 5.92 Å². The van der Waals surface area contributed by atoms with Crippen LogP contribution in [-0.4, -0.2) is 44.7 Å². The van der Waals surface area contributed by atoms with Gasteiger partial charge in [0.05, 0.1) is 26.2 Å². The molecule has 4 heteroatoms. The Labute approximate surface area is 140 Å². The average molecular weight is 318 g/mol. The van der Waals surface area contributed by atoms with Gasteiger partial charge in [0.2, 0.25) is 0 Å². The minimum absolute atomic E-state index is 0.0366. The van der Waals surface area contributed by atoms with Crippen molar-refractivity contribution < 1.29 is 9.69 Å². The molecular formula is C19H32N3O+. The second-order valence-electron chi connectivity index (χ2n) is 7.23. The van der Waals surface area contributed by atoms with Crippen LogP contribution in [0.25, 0.3) is 0 Å². The second-order valence-corrected chi connectivity index (χ2v) is 7.23. The summed E-state index contributed by atoms with van der Waals surface area (Å²) in [6, 6.07) is 6.56. The zero-order valence-electron chi connectivity index (χ0n) is 15.3. The van der Waals surface area contributed by atoms with E-state index in [0.717, 1.165) is 32.7 Å². The predicted octanol–water partition coefficient (Wildman–Crippen LogP) is 1.17. The number of nitrogens with zero attached hydrogens (tertiary/aromatic N) is 1. The van der Waals surface area contributed by atoms with Crippen molar-refractivity contribution in [1.29, 1.82) is 0 Å². The fraction of sp³-hybridized carbons (Fsp3) is 0.632. The lowest BCUT2D eigenvalue weighted by molar-refractivity contribution is -0.914. The third kappa shape index (κ3) is 4.47. The molecule has 1 aliphatic rings. The van der Waals surface area contributed by atoms with Crippen LogP contribution in [0, 0.1) is 19.8 Å². The van der Waals surface area contributed by atoms with Gasteiger partial charge in [-0.15, -0.1) is 0 Å². The van der Waals surface area contributed by atoms with E-state index in [1.807, 2.05) is 0 Å². The molecule has 1 saturated heterocycles. The number of quaternary nitrogens is 1. The van der Waals surface area contributed by atoms with Crippen LogP contribution in [0.15, 0.2) is 18.2 Å². The number of rotatable bonds is 5. The molecule has 2 N–H and O–H groups in total. The predicted molar refractivity (Wildman–Crippen MR) is 96.1 cm³/mol. The van der Waals surface area contributed by atoms with Gasteiger partial charge in [-0.3, -0.25) is 4.79 Å². The number of amides is 1. The number of hydrogen-bond acceptors (Lipinski definition) is 2. The van der Waals surface area contributed by atoms with E-state index in [1.54, 1.807) is 0 Å². The largest absolute Gasteiger partial charge is 0.360 e. The molecule has 0 aromatic heterocycles. The fourth-order valence-corrected chi connectivity index (χ4v) is 3.19. The number of anilines is 1. The quantitative estimate of drug-likeness (QED) is 0.855. The maximum absolute atomic E-state index is 12.3. The smallest absolute Gasteiger partial charge is 0.278 e. The van der Waals surface area contributed by atoms with Gasteiger partial charge in [-0.2, -0.15) is 0 Å². The van der Waals surface area contributed by atoms with E-state index in [2.05, 4.69) is 63.0 Å². The molecule has 0 aliphatic carbocycles. The van der Waals surface area contributed by atoms with E-state index in [-0.39, 0.29) is 11.9 Å². The second kappa shape index (κ2) is 7.82. The highest BCUT2D eigenvalue weighted by Gasteiger charge is 2.29. The van der Waals surface area contributed by atoms with Gasteiger partial charge in [0, 0.05) is 12.2 Å². The zero-order chi connectivity index (χ0) is 17.0. The monoisotopic (exact) mass is 318 g/mol. The van der Waals surface area contributed by atoms with E-state index in [4.69, 9.17) is 0 Å². The molecule has 1 heterocycles. The van der Waals surface area contributed by atoms with Crippen molar-refractivity contribution in [1.82, 2.24) is 5.32 Å². The van der Waals surface area contributed by atoms with Crippen LogP contribution in [0.3, 0.4) is 0 Å². The summed E-state index contributed by atoms with van der Waals surface area (Å²) < 4.78 is 0. The Hall–Kier alpha value is -1.55. The lowest BCUT2D eigenvalue weighted by Gasteiger charge is -2.36. The Morgan fingerprint density at radius 2 is 1.87 bits per heavy atom. The van der Waals surface area contributed by atoms with Crippen molar-refractivity contribution in [3.8, 4) is 0 Å². The van der Waals surface area contributed by atoms with E-state index >= 15 is 0 Å². The standard InChI is InChI=1S/C19H31N3O/c1-14(2)13-20-19(23)17(5)21-9-11-22(12-10-21)18-8-6-7-15(3)16(18)4/h6-8,14,17H,9-13H2,1-5H3,(H,20,23)/p+1/t17-/m1/s1. The first-order valence-electron chi connectivity index (χ1n) is 8.83. The van der Waals surface area contributed by atoms with Gasteiger partial charge >= 0.3 is 0 Å². The molecule has 0 bridgehead atoms. The number of carbonyl (C=O) groups is 1. The van der Waals surface area contributed by atoms with Crippen molar-refractivity contribution in [3.63, 3.8) is 0 Å². The Balaban J connectivity index is 1.90. The molecule has 4 nitrogen and oxygen atoms in total. The summed E-state index contributed by atoms with van der Waals surface area (Å²) in [7, 11) is 0. The van der Waals surface area contributed by atoms with Crippen LogP contribution in [0.2, 0.25) is 0 Å². The lowest BCUT2D eigenvalue weighted by Crippen LogP contribution is -3.19. The maximum atomic E-state index is 12.3. The summed E-state index contributed by atoms with van der Waals surface area (Å²) >= 11 is 0. The fourth-order valence-electron chi connectivity index (χ4n) is 3.19. The Morgan fingerprint density at radius 1 is 1.22 bits per heavy atom. The van der Waals surface area contributed by atoms with E-state index in [1.165, 1.54) is 21.7 Å². The summed E-state index contributed by atoms with van der Waals surface area (Å²) in [6.45, 7) is 15.5. The van der Waals surface area contributed by atoms with E-state index in [0.29, 0.717) is 5.92 Å². The van der Waals surface area contributed by atoms with Gasteiger partial charge in [0.15, 0.2) is 6.04 Å². The molecule has 1 aromatic rings. The third-order valence-corrected chi connectivity index (χ3v) is 5.01. The Kier molecular flexibility index (Phi) is 6.05. The number of carbonyl (C=O) groups excluding carboxylic acids is 1. The zero-order valence-corrected chi connectivity index (χ0v) is 15.3. The molecule has 0 radical (unpaired) electrons. The van der Waals surface area contributed by atoms with Crippen LogP contribution in [0.5, 0.6) is 0 Å². The normalized spacial score (nSPS) is 17.4. The number of nitrogens with one attached hydrogen (secondary N) is 2. The number of benzene rings is 1.